The van der Waals surface area contributed by atoms with Crippen molar-refractivity contribution in [3.63, 3.8) is 0 Å². The summed E-state index contributed by atoms with van der Waals surface area (Å²) >= 11 is 0. The molecule has 0 aromatic rings. The second-order valence-electron chi connectivity index (χ2n) is 15.8. The number of esters is 4. The third-order valence-electron chi connectivity index (χ3n) is 9.42. The molecule has 0 N–H and O–H groups in total. The van der Waals surface area contributed by atoms with Gasteiger partial charge in [-0.05, 0) is 82.1 Å². The van der Waals surface area contributed by atoms with E-state index in [0.717, 1.165) is 38.5 Å². The summed E-state index contributed by atoms with van der Waals surface area (Å²) in [4.78, 5) is 53.4. The number of unbranched alkanes of at least 4 members (excludes halogenated alkanes) is 5. The minimum absolute atomic E-state index is 0.155. The lowest BCUT2D eigenvalue weighted by Crippen LogP contribution is -2.59. The zero-order valence-electron chi connectivity index (χ0n) is 31.5. The van der Waals surface area contributed by atoms with Crippen LogP contribution in [0.3, 0.4) is 0 Å². The van der Waals surface area contributed by atoms with Crippen LogP contribution in [-0.2, 0) is 38.1 Å². The first-order chi connectivity index (χ1) is 22.3. The molecule has 0 bridgehead atoms. The smallest absolute Gasteiger partial charge is 0.332 e. The van der Waals surface area contributed by atoms with E-state index in [9.17, 15) is 19.2 Å². The first kappa shape index (κ1) is 41.1. The van der Waals surface area contributed by atoms with Crippen LogP contribution >= 0.6 is 0 Å². The summed E-state index contributed by atoms with van der Waals surface area (Å²) in [5.74, 6) is -1.03. The standard InChI is InChI=1S/C38H64N2O8/c1-11-45-31(41)21-23-39-35(3,4)25-29(26-36(39,5)6)47-33(43)19-17-15-13-14-16-18-20-34(44)48-30-27-37(7,8)40(38(9,10)28-30)24-22-32(42)46-12-2/h21-24,29-30H,11-20,25-28H2,1-10H3/b23-21+,24-22+. The van der Waals surface area contributed by atoms with Crippen molar-refractivity contribution in [2.45, 2.75) is 181 Å². The number of carbonyl (C=O) groups is 4. The Balaban J connectivity index is 1.65. The van der Waals surface area contributed by atoms with Crippen molar-refractivity contribution < 1.29 is 38.1 Å². The molecule has 0 atom stereocenters. The van der Waals surface area contributed by atoms with Crippen molar-refractivity contribution in [2.24, 2.45) is 0 Å². The van der Waals surface area contributed by atoms with Crippen molar-refractivity contribution in [3.8, 4) is 0 Å². The Morgan fingerprint density at radius 1 is 0.542 bits per heavy atom. The van der Waals surface area contributed by atoms with Crippen LogP contribution in [-0.4, -0.2) is 81.3 Å². The minimum Gasteiger partial charge on any atom is -0.463 e. The van der Waals surface area contributed by atoms with Gasteiger partial charge in [-0.15, -0.1) is 0 Å². The van der Waals surface area contributed by atoms with Gasteiger partial charge in [0.15, 0.2) is 0 Å². The van der Waals surface area contributed by atoms with Gasteiger partial charge in [0.2, 0.25) is 0 Å². The number of hydrogen-bond donors (Lipinski definition) is 0. The summed E-state index contributed by atoms with van der Waals surface area (Å²) < 4.78 is 21.9. The molecule has 2 fully saturated rings. The first-order valence-corrected chi connectivity index (χ1v) is 18.0. The highest BCUT2D eigenvalue weighted by molar-refractivity contribution is 5.82. The molecule has 0 amide bonds. The van der Waals surface area contributed by atoms with E-state index in [-0.39, 0.29) is 58.2 Å². The fourth-order valence-electron chi connectivity index (χ4n) is 7.77. The maximum Gasteiger partial charge on any atom is 0.332 e. The van der Waals surface area contributed by atoms with E-state index >= 15 is 0 Å². The van der Waals surface area contributed by atoms with E-state index < -0.39 is 0 Å². The molecular weight excluding hydrogens is 612 g/mol. The molecule has 2 saturated heterocycles. The highest BCUT2D eigenvalue weighted by atomic mass is 16.6. The number of rotatable bonds is 17. The molecule has 274 valence electrons. The molecule has 0 aliphatic carbocycles. The Bertz CT molecular complexity index is 1020. The lowest BCUT2D eigenvalue weighted by Gasteiger charge is -2.54. The number of carbonyl (C=O) groups excluding carboxylic acids is 4. The molecular formula is C38H64N2O8. The quantitative estimate of drug-likeness (QED) is 0.0669. The maximum atomic E-state index is 12.7. The fourth-order valence-corrected chi connectivity index (χ4v) is 7.77. The molecule has 0 unspecified atom stereocenters. The Morgan fingerprint density at radius 2 is 0.833 bits per heavy atom. The fraction of sp³-hybridized carbons (Fsp3) is 0.789. The van der Waals surface area contributed by atoms with Crippen LogP contribution < -0.4 is 0 Å². The largest absolute Gasteiger partial charge is 0.463 e. The maximum absolute atomic E-state index is 12.7. The summed E-state index contributed by atoms with van der Waals surface area (Å²) in [5.41, 5.74) is -1.18. The Hall–Kier alpha value is -3.04. The SMILES string of the molecule is CCOC(=O)/C=C/N1C(C)(C)CC(OC(=O)CCCCCCCCC(=O)OC2CC(C)(C)N(/C=C/C(=O)OCC)C(C)(C)C2)CC1(C)C. The van der Waals surface area contributed by atoms with E-state index in [2.05, 4.69) is 65.2 Å². The van der Waals surface area contributed by atoms with Gasteiger partial charge < -0.3 is 28.7 Å². The predicted octanol–water partition coefficient (Wildman–Crippen LogP) is 7.39. The van der Waals surface area contributed by atoms with E-state index in [0.29, 0.717) is 51.7 Å². The van der Waals surface area contributed by atoms with Gasteiger partial charge in [-0.2, -0.15) is 0 Å². The lowest BCUT2D eigenvalue weighted by atomic mass is 9.78. The van der Waals surface area contributed by atoms with Gasteiger partial charge in [-0.3, -0.25) is 9.59 Å². The molecule has 0 saturated carbocycles. The van der Waals surface area contributed by atoms with Gasteiger partial charge in [0, 0.05) is 85.2 Å². The summed E-state index contributed by atoms with van der Waals surface area (Å²) in [6.45, 7) is 21.1. The lowest BCUT2D eigenvalue weighted by molar-refractivity contribution is -0.159. The molecule has 2 aliphatic rings. The number of likely N-dealkylation sites (tertiary alicyclic amines) is 2. The number of hydrogen-bond acceptors (Lipinski definition) is 10. The molecule has 0 aromatic carbocycles. The van der Waals surface area contributed by atoms with Crippen molar-refractivity contribution in [2.75, 3.05) is 13.2 Å². The topological polar surface area (TPSA) is 112 Å². The molecule has 0 radical (unpaired) electrons. The molecule has 2 heterocycles. The highest BCUT2D eigenvalue weighted by Crippen LogP contribution is 2.41. The highest BCUT2D eigenvalue weighted by Gasteiger charge is 2.46. The van der Waals surface area contributed by atoms with Crippen molar-refractivity contribution in [3.05, 3.63) is 24.6 Å². The van der Waals surface area contributed by atoms with E-state index in [4.69, 9.17) is 18.9 Å². The van der Waals surface area contributed by atoms with Gasteiger partial charge in [-0.25, -0.2) is 9.59 Å². The number of piperidine rings is 2. The molecule has 48 heavy (non-hydrogen) atoms. The number of nitrogens with zero attached hydrogens (tertiary/aromatic N) is 2. The average molecular weight is 677 g/mol. The second-order valence-corrected chi connectivity index (χ2v) is 15.8. The molecule has 0 spiro atoms. The monoisotopic (exact) mass is 676 g/mol. The van der Waals surface area contributed by atoms with Crippen LogP contribution in [0.25, 0.3) is 0 Å². The van der Waals surface area contributed by atoms with Crippen LogP contribution in [0, 0.1) is 0 Å². The van der Waals surface area contributed by atoms with Crippen LogP contribution in [0.1, 0.15) is 146 Å². The zero-order valence-corrected chi connectivity index (χ0v) is 31.5. The third kappa shape index (κ3) is 13.1. The van der Waals surface area contributed by atoms with Crippen molar-refractivity contribution in [1.82, 2.24) is 9.80 Å². The Kier molecular flexibility index (Phi) is 15.5. The van der Waals surface area contributed by atoms with Gasteiger partial charge >= 0.3 is 23.9 Å². The molecule has 10 heteroatoms. The van der Waals surface area contributed by atoms with Gasteiger partial charge in [-0.1, -0.05) is 25.7 Å². The zero-order chi connectivity index (χ0) is 36.2. The van der Waals surface area contributed by atoms with Gasteiger partial charge in [0.25, 0.3) is 0 Å². The second kappa shape index (κ2) is 18.1. The molecule has 2 rings (SSSR count). The minimum atomic E-state index is -0.361. The predicted molar refractivity (Wildman–Crippen MR) is 187 cm³/mol. The van der Waals surface area contributed by atoms with Gasteiger partial charge in [0.1, 0.15) is 12.2 Å². The summed E-state index contributed by atoms with van der Waals surface area (Å²) in [7, 11) is 0. The molecule has 2 aliphatic heterocycles. The Labute approximate surface area is 289 Å². The van der Waals surface area contributed by atoms with Crippen LogP contribution in [0.5, 0.6) is 0 Å². The molecule has 0 aromatic heterocycles. The Morgan fingerprint density at radius 3 is 1.12 bits per heavy atom. The van der Waals surface area contributed by atoms with E-state index in [1.807, 2.05) is 0 Å². The van der Waals surface area contributed by atoms with Crippen LogP contribution in [0.2, 0.25) is 0 Å². The van der Waals surface area contributed by atoms with E-state index in [1.54, 1.807) is 26.2 Å². The van der Waals surface area contributed by atoms with Crippen molar-refractivity contribution in [1.29, 1.82) is 0 Å². The van der Waals surface area contributed by atoms with Crippen molar-refractivity contribution >= 4 is 23.9 Å². The number of ether oxygens (including phenoxy) is 4. The molecule has 10 nitrogen and oxygen atoms in total. The van der Waals surface area contributed by atoms with Gasteiger partial charge in [0.05, 0.1) is 13.2 Å². The van der Waals surface area contributed by atoms with E-state index in [1.165, 1.54) is 12.2 Å². The van der Waals surface area contributed by atoms with Crippen LogP contribution in [0.15, 0.2) is 24.6 Å². The average Bonchev–Trinajstić information content (AvgIpc) is 2.92. The summed E-state index contributed by atoms with van der Waals surface area (Å²) in [6, 6.07) is 0. The van der Waals surface area contributed by atoms with Crippen LogP contribution in [0.4, 0.5) is 0 Å². The normalized spacial score (nSPS) is 20.5. The summed E-state index contributed by atoms with van der Waals surface area (Å²) in [5, 5.41) is 0. The first-order valence-electron chi connectivity index (χ1n) is 18.0. The summed E-state index contributed by atoms with van der Waals surface area (Å²) in [6.07, 6.45) is 15.2. The third-order valence-corrected chi connectivity index (χ3v) is 9.42.